The summed E-state index contributed by atoms with van der Waals surface area (Å²) in [5.74, 6) is -0.749. The van der Waals surface area contributed by atoms with Crippen LogP contribution in [0, 0.1) is 0 Å². The second-order valence-corrected chi connectivity index (χ2v) is 12.7. The summed E-state index contributed by atoms with van der Waals surface area (Å²) >= 11 is 0. The van der Waals surface area contributed by atoms with Crippen molar-refractivity contribution in [2.24, 2.45) is 0 Å². The molecule has 1 N–H and O–H groups in total. The molecule has 0 bridgehead atoms. The molecule has 0 amide bonds. The number of carbonyl (C=O) groups is 1. The Kier molecular flexibility index (Phi) is 19.1. The molecule has 1 fully saturated rings. The molecular weight excluding hydrogens is 496 g/mol. The van der Waals surface area contributed by atoms with Gasteiger partial charge in [0.25, 0.3) is 0 Å². The summed E-state index contributed by atoms with van der Waals surface area (Å²) in [4.78, 5) is 11.7. The lowest BCUT2D eigenvalue weighted by molar-refractivity contribution is -0.247. The molecule has 1 spiro atoms. The van der Waals surface area contributed by atoms with Crippen LogP contribution >= 0.6 is 0 Å². The zero-order chi connectivity index (χ0) is 28.8. The minimum atomic E-state index is -0.758. The molecule has 40 heavy (non-hydrogen) atoms. The lowest BCUT2D eigenvalue weighted by atomic mass is 9.93. The number of ketones is 1. The van der Waals surface area contributed by atoms with Crippen LogP contribution in [-0.2, 0) is 14.3 Å². The van der Waals surface area contributed by atoms with Crippen molar-refractivity contribution in [3.63, 3.8) is 0 Å². The van der Waals surface area contributed by atoms with Gasteiger partial charge in [-0.15, -0.1) is 0 Å². The Bertz CT molecular complexity index is 683. The van der Waals surface area contributed by atoms with Crippen LogP contribution in [0.1, 0.15) is 174 Å². The van der Waals surface area contributed by atoms with Gasteiger partial charge in [0.05, 0.1) is 12.7 Å². The molecular formula is C36H64O4. The van der Waals surface area contributed by atoms with Gasteiger partial charge in [-0.05, 0) is 43.6 Å². The second-order valence-electron chi connectivity index (χ2n) is 12.7. The van der Waals surface area contributed by atoms with Crippen LogP contribution in [0.5, 0.6) is 0 Å². The summed E-state index contributed by atoms with van der Waals surface area (Å²) in [5, 5.41) is 11.0. The largest absolute Gasteiger partial charge is 0.393 e. The second kappa shape index (κ2) is 21.7. The van der Waals surface area contributed by atoms with Crippen molar-refractivity contribution in [1.29, 1.82) is 0 Å². The highest BCUT2D eigenvalue weighted by Crippen LogP contribution is 2.44. The molecule has 1 aliphatic carbocycles. The molecule has 0 aromatic carbocycles. The van der Waals surface area contributed by atoms with Gasteiger partial charge in [-0.1, -0.05) is 142 Å². The molecule has 0 aromatic heterocycles. The molecule has 0 saturated carbocycles. The van der Waals surface area contributed by atoms with Gasteiger partial charge < -0.3 is 14.6 Å². The van der Waals surface area contributed by atoms with Crippen molar-refractivity contribution in [2.75, 3.05) is 6.61 Å². The summed E-state index contributed by atoms with van der Waals surface area (Å²) < 4.78 is 13.0. The van der Waals surface area contributed by atoms with Gasteiger partial charge in [0.2, 0.25) is 0 Å². The third kappa shape index (κ3) is 15.3. The predicted octanol–water partition coefficient (Wildman–Crippen LogP) is 10.3. The van der Waals surface area contributed by atoms with Crippen molar-refractivity contribution in [2.45, 2.75) is 192 Å². The van der Waals surface area contributed by atoms with Gasteiger partial charge >= 0.3 is 0 Å². The van der Waals surface area contributed by atoms with Crippen LogP contribution in [-0.4, -0.2) is 35.0 Å². The Morgan fingerprint density at radius 2 is 1.15 bits per heavy atom. The van der Waals surface area contributed by atoms with Crippen molar-refractivity contribution in [1.82, 2.24) is 0 Å². The van der Waals surface area contributed by atoms with Crippen molar-refractivity contribution < 1.29 is 19.4 Å². The SMILES string of the molecule is CCCCCCCCCCCCCCC[C@@H](O)C[C@@]1(OCCCCCCCCCC)CCC2(C=CC(=O)C=C2)O1. The molecule has 0 unspecified atom stereocenters. The fourth-order valence-corrected chi connectivity index (χ4v) is 6.28. The van der Waals surface area contributed by atoms with E-state index in [-0.39, 0.29) is 5.78 Å². The molecule has 1 saturated heterocycles. The number of hydrogen-bond donors (Lipinski definition) is 1. The first-order valence-corrected chi connectivity index (χ1v) is 17.5. The smallest absolute Gasteiger partial charge is 0.178 e. The van der Waals surface area contributed by atoms with E-state index in [1.54, 1.807) is 12.2 Å². The Hall–Kier alpha value is -0.970. The molecule has 2 rings (SSSR count). The van der Waals surface area contributed by atoms with Gasteiger partial charge in [-0.3, -0.25) is 4.79 Å². The van der Waals surface area contributed by atoms with E-state index >= 15 is 0 Å². The van der Waals surface area contributed by atoms with Crippen molar-refractivity contribution in [3.05, 3.63) is 24.3 Å². The fourth-order valence-electron chi connectivity index (χ4n) is 6.28. The fraction of sp³-hybridized carbons (Fsp3) is 0.861. The van der Waals surface area contributed by atoms with Crippen LogP contribution < -0.4 is 0 Å². The molecule has 232 valence electrons. The molecule has 1 heterocycles. The summed E-state index contributed by atoms with van der Waals surface area (Å²) in [6.45, 7) is 5.21. The first kappa shape index (κ1) is 35.2. The molecule has 4 nitrogen and oxygen atoms in total. The van der Waals surface area contributed by atoms with E-state index in [0.29, 0.717) is 13.0 Å². The molecule has 1 aliphatic heterocycles. The summed E-state index contributed by atoms with van der Waals surface area (Å²) in [7, 11) is 0. The first-order valence-electron chi connectivity index (χ1n) is 17.5. The highest BCUT2D eigenvalue weighted by Gasteiger charge is 2.49. The van der Waals surface area contributed by atoms with Crippen LogP contribution in [0.4, 0.5) is 0 Å². The van der Waals surface area contributed by atoms with Crippen LogP contribution in [0.25, 0.3) is 0 Å². The molecule has 4 heteroatoms. The zero-order valence-electron chi connectivity index (χ0n) is 26.4. The Balaban J connectivity index is 1.64. The third-order valence-electron chi connectivity index (χ3n) is 8.88. The van der Waals surface area contributed by atoms with E-state index < -0.39 is 17.5 Å². The third-order valence-corrected chi connectivity index (χ3v) is 8.88. The maximum Gasteiger partial charge on any atom is 0.178 e. The summed E-state index contributed by atoms with van der Waals surface area (Å²) in [5.41, 5.74) is -0.567. The average molecular weight is 561 g/mol. The minimum absolute atomic E-state index is 0.00836. The Labute approximate surface area is 247 Å². The highest BCUT2D eigenvalue weighted by molar-refractivity contribution is 6.00. The number of ether oxygens (including phenoxy) is 2. The van der Waals surface area contributed by atoms with Gasteiger partial charge in [-0.2, -0.15) is 0 Å². The van der Waals surface area contributed by atoms with Gasteiger partial charge in [-0.25, -0.2) is 0 Å². The maximum absolute atomic E-state index is 11.7. The quantitative estimate of drug-likeness (QED) is 0.107. The van der Waals surface area contributed by atoms with E-state index in [1.807, 2.05) is 12.2 Å². The zero-order valence-corrected chi connectivity index (χ0v) is 26.4. The monoisotopic (exact) mass is 560 g/mol. The number of aliphatic hydroxyl groups excluding tert-OH is 1. The summed E-state index contributed by atoms with van der Waals surface area (Å²) in [6.07, 6.45) is 36.9. The van der Waals surface area contributed by atoms with Gasteiger partial charge in [0.15, 0.2) is 11.6 Å². The van der Waals surface area contributed by atoms with Crippen molar-refractivity contribution in [3.8, 4) is 0 Å². The minimum Gasteiger partial charge on any atom is -0.393 e. The number of carbonyl (C=O) groups excluding carboxylic acids is 1. The Morgan fingerprint density at radius 3 is 1.65 bits per heavy atom. The van der Waals surface area contributed by atoms with Crippen LogP contribution in [0.2, 0.25) is 0 Å². The molecule has 2 atom stereocenters. The Morgan fingerprint density at radius 1 is 0.700 bits per heavy atom. The molecule has 0 aromatic rings. The van der Waals surface area contributed by atoms with E-state index in [9.17, 15) is 9.90 Å². The van der Waals surface area contributed by atoms with Crippen LogP contribution in [0.15, 0.2) is 24.3 Å². The average Bonchev–Trinajstić information content (AvgIpc) is 3.29. The maximum atomic E-state index is 11.7. The summed E-state index contributed by atoms with van der Waals surface area (Å²) in [6, 6.07) is 0. The number of allylic oxidation sites excluding steroid dienone is 2. The topological polar surface area (TPSA) is 55.8 Å². The van der Waals surface area contributed by atoms with E-state index in [1.165, 1.54) is 122 Å². The first-order chi connectivity index (χ1) is 19.5. The normalized spacial score (nSPS) is 20.6. The van der Waals surface area contributed by atoms with Crippen LogP contribution in [0.3, 0.4) is 0 Å². The standard InChI is InChI=1S/C36H64O4/c1-3-5-7-9-11-13-14-15-16-17-18-20-22-24-34(38)32-36(39-31-23-21-19-12-10-8-6-4-2)30-29-35(40-36)27-25-33(37)26-28-35/h25-28,34,38H,3-24,29-32H2,1-2H3/t34-,36-/m1/s1. The lowest BCUT2D eigenvalue weighted by Crippen LogP contribution is -2.40. The highest BCUT2D eigenvalue weighted by atomic mass is 16.7. The van der Waals surface area contributed by atoms with E-state index in [2.05, 4.69) is 13.8 Å². The number of rotatable bonds is 26. The number of unbranched alkanes of at least 4 members (excludes halogenated alkanes) is 19. The van der Waals surface area contributed by atoms with E-state index in [4.69, 9.17) is 9.47 Å². The van der Waals surface area contributed by atoms with Crippen molar-refractivity contribution >= 4 is 5.78 Å². The lowest BCUT2D eigenvalue weighted by Gasteiger charge is -2.34. The van der Waals surface area contributed by atoms with Gasteiger partial charge in [0, 0.05) is 12.8 Å². The van der Waals surface area contributed by atoms with E-state index in [0.717, 1.165) is 32.1 Å². The molecule has 0 radical (unpaired) electrons. The number of aliphatic hydroxyl groups is 1. The van der Waals surface area contributed by atoms with Gasteiger partial charge in [0.1, 0.15) is 5.60 Å². The molecule has 2 aliphatic rings. The number of hydrogen-bond acceptors (Lipinski definition) is 4. The predicted molar refractivity (Wildman–Crippen MR) is 169 cm³/mol.